The van der Waals surface area contributed by atoms with Crippen molar-refractivity contribution in [3.63, 3.8) is 0 Å². The topological polar surface area (TPSA) is 75.4 Å². The number of hydrogen-bond acceptors (Lipinski definition) is 5. The molecule has 1 aliphatic heterocycles. The van der Waals surface area contributed by atoms with Crippen LogP contribution in [-0.4, -0.2) is 42.3 Å². The summed E-state index contributed by atoms with van der Waals surface area (Å²) in [6.45, 7) is 2.29. The van der Waals surface area contributed by atoms with Gasteiger partial charge in [0.25, 0.3) is 5.91 Å². The van der Waals surface area contributed by atoms with E-state index in [2.05, 4.69) is 4.98 Å². The number of nitrogens with zero attached hydrogens (tertiary/aromatic N) is 3. The Balaban J connectivity index is 2.01. The Morgan fingerprint density at radius 1 is 1.43 bits per heavy atom. The third kappa shape index (κ3) is 2.87. The van der Waals surface area contributed by atoms with Crippen LogP contribution < -0.4 is 0 Å². The number of carboxylic acid groups (broad SMARTS) is 1. The fourth-order valence-electron chi connectivity index (χ4n) is 2.43. The van der Waals surface area contributed by atoms with Gasteiger partial charge in [0.1, 0.15) is 16.7 Å². The highest BCUT2D eigenvalue weighted by Gasteiger charge is 2.33. The molecule has 0 bridgehead atoms. The highest BCUT2D eigenvalue weighted by molar-refractivity contribution is 8.26. The lowest BCUT2D eigenvalue weighted by Gasteiger charge is -2.10. The van der Waals surface area contributed by atoms with E-state index in [1.54, 1.807) is 6.08 Å². The van der Waals surface area contributed by atoms with Crippen molar-refractivity contribution in [3.05, 3.63) is 35.0 Å². The van der Waals surface area contributed by atoms with E-state index < -0.39 is 18.4 Å². The van der Waals surface area contributed by atoms with E-state index in [9.17, 15) is 9.59 Å². The number of carbonyl (C=O) groups is 2. The fourth-order valence-corrected chi connectivity index (χ4v) is 3.65. The Kier molecular flexibility index (Phi) is 4.18. The molecule has 3 rings (SSSR count). The zero-order valence-electron chi connectivity index (χ0n) is 12.2. The minimum Gasteiger partial charge on any atom is -0.480 e. The second-order valence-electron chi connectivity index (χ2n) is 4.86. The molecule has 1 fully saturated rings. The Hall–Kier alpha value is -2.19. The third-order valence-corrected chi connectivity index (χ3v) is 4.81. The molecule has 1 aromatic carbocycles. The molecule has 6 nitrogen and oxygen atoms in total. The monoisotopic (exact) mass is 347 g/mol. The van der Waals surface area contributed by atoms with Crippen molar-refractivity contribution in [3.8, 4) is 0 Å². The van der Waals surface area contributed by atoms with Crippen LogP contribution in [0.15, 0.2) is 29.2 Å². The first kappa shape index (κ1) is 15.7. The number of hydrogen-bond donors (Lipinski definition) is 1. The summed E-state index contributed by atoms with van der Waals surface area (Å²) in [7, 11) is 0. The van der Waals surface area contributed by atoms with Crippen LogP contribution in [0.5, 0.6) is 0 Å². The van der Waals surface area contributed by atoms with Crippen LogP contribution in [0.3, 0.4) is 0 Å². The van der Waals surface area contributed by atoms with E-state index in [0.29, 0.717) is 17.3 Å². The van der Waals surface area contributed by atoms with Gasteiger partial charge in [-0.25, -0.2) is 4.98 Å². The molecule has 118 valence electrons. The molecule has 1 amide bonds. The summed E-state index contributed by atoms with van der Waals surface area (Å²) >= 11 is 6.19. The van der Waals surface area contributed by atoms with Gasteiger partial charge in [-0.1, -0.05) is 36.1 Å². The first-order valence-corrected chi connectivity index (χ1v) is 8.16. The Morgan fingerprint density at radius 3 is 2.87 bits per heavy atom. The first-order valence-electron chi connectivity index (χ1n) is 6.93. The van der Waals surface area contributed by atoms with E-state index >= 15 is 0 Å². The Morgan fingerprint density at radius 2 is 2.17 bits per heavy atom. The zero-order valence-corrected chi connectivity index (χ0v) is 13.9. The molecule has 1 N–H and O–H groups in total. The zero-order chi connectivity index (χ0) is 16.6. The maximum Gasteiger partial charge on any atom is 0.323 e. The van der Waals surface area contributed by atoms with Crippen molar-refractivity contribution in [2.45, 2.75) is 13.5 Å². The molecule has 0 saturated carbocycles. The minimum atomic E-state index is -1.09. The van der Waals surface area contributed by atoms with Gasteiger partial charge in [-0.05, 0) is 19.1 Å². The lowest BCUT2D eigenvalue weighted by Crippen LogP contribution is -2.33. The summed E-state index contributed by atoms with van der Waals surface area (Å²) in [6, 6.07) is 7.73. The molecule has 1 aliphatic rings. The second kappa shape index (κ2) is 6.13. The Labute approximate surface area is 141 Å². The smallest absolute Gasteiger partial charge is 0.323 e. The average Bonchev–Trinajstić information content (AvgIpc) is 2.99. The molecule has 0 spiro atoms. The van der Waals surface area contributed by atoms with E-state index in [-0.39, 0.29) is 4.32 Å². The van der Waals surface area contributed by atoms with E-state index in [0.717, 1.165) is 27.7 Å². The van der Waals surface area contributed by atoms with E-state index in [1.807, 2.05) is 35.8 Å². The average molecular weight is 347 g/mol. The highest BCUT2D eigenvalue weighted by Crippen LogP contribution is 2.32. The number of aromatic nitrogens is 2. The van der Waals surface area contributed by atoms with Crippen molar-refractivity contribution < 1.29 is 14.7 Å². The number of carbonyl (C=O) groups excluding carboxylic acids is 1. The number of aliphatic carboxylic acids is 1. The predicted molar refractivity (Wildman–Crippen MR) is 92.9 cm³/mol. The fraction of sp³-hybridized carbons (Fsp3) is 0.200. The van der Waals surface area contributed by atoms with Crippen molar-refractivity contribution in [1.82, 2.24) is 14.5 Å². The van der Waals surface area contributed by atoms with Crippen LogP contribution in [-0.2, 0) is 16.1 Å². The molecule has 2 aromatic rings. The van der Waals surface area contributed by atoms with Crippen molar-refractivity contribution in [1.29, 1.82) is 0 Å². The van der Waals surface area contributed by atoms with Gasteiger partial charge in [0.2, 0.25) is 0 Å². The number of aryl methyl sites for hydroxylation is 1. The van der Waals surface area contributed by atoms with Gasteiger partial charge in [-0.15, -0.1) is 0 Å². The summed E-state index contributed by atoms with van der Waals surface area (Å²) in [5.74, 6) is -0.829. The molecule has 2 heterocycles. The number of rotatable bonds is 4. The number of fused-ring (bicyclic) bond motifs is 1. The van der Waals surface area contributed by atoms with Crippen molar-refractivity contribution in [2.24, 2.45) is 0 Å². The SMILES string of the molecule is CCn1c(/C=C2\SC(=S)N(CC(=O)O)C2=O)nc2ccccc21. The van der Waals surface area contributed by atoms with Crippen molar-refractivity contribution in [2.75, 3.05) is 6.54 Å². The molecule has 1 saturated heterocycles. The minimum absolute atomic E-state index is 0.253. The largest absolute Gasteiger partial charge is 0.480 e. The van der Waals surface area contributed by atoms with Gasteiger partial charge < -0.3 is 9.67 Å². The lowest BCUT2D eigenvalue weighted by molar-refractivity contribution is -0.140. The van der Waals surface area contributed by atoms with Gasteiger partial charge in [-0.2, -0.15) is 0 Å². The number of para-hydroxylation sites is 2. The first-order chi connectivity index (χ1) is 11.0. The molecule has 0 atom stereocenters. The van der Waals surface area contributed by atoms with Gasteiger partial charge in [0, 0.05) is 12.6 Å². The van der Waals surface area contributed by atoms with E-state index in [4.69, 9.17) is 17.3 Å². The van der Waals surface area contributed by atoms with Crippen LogP contribution >= 0.6 is 24.0 Å². The molecular weight excluding hydrogens is 334 g/mol. The number of carboxylic acids is 1. The van der Waals surface area contributed by atoms with Crippen LogP contribution in [0.4, 0.5) is 0 Å². The molecule has 1 aromatic heterocycles. The second-order valence-corrected chi connectivity index (χ2v) is 6.54. The number of imidazole rings is 1. The van der Waals surface area contributed by atoms with Crippen LogP contribution in [0.1, 0.15) is 12.7 Å². The molecule has 0 aliphatic carbocycles. The van der Waals surface area contributed by atoms with Crippen LogP contribution in [0.2, 0.25) is 0 Å². The molecule has 0 unspecified atom stereocenters. The van der Waals surface area contributed by atoms with Gasteiger partial charge in [-0.3, -0.25) is 14.5 Å². The predicted octanol–water partition coefficient (Wildman–Crippen LogP) is 2.34. The molecule has 23 heavy (non-hydrogen) atoms. The highest BCUT2D eigenvalue weighted by atomic mass is 32.2. The Bertz CT molecular complexity index is 857. The summed E-state index contributed by atoms with van der Waals surface area (Å²) in [5.41, 5.74) is 1.84. The molecular formula is C15H13N3O3S2. The van der Waals surface area contributed by atoms with Crippen LogP contribution in [0, 0.1) is 0 Å². The number of amides is 1. The van der Waals surface area contributed by atoms with E-state index in [1.165, 1.54) is 0 Å². The summed E-state index contributed by atoms with van der Waals surface area (Å²) in [4.78, 5) is 29.2. The number of benzene rings is 1. The van der Waals surface area contributed by atoms with Gasteiger partial charge in [0.05, 0.1) is 15.9 Å². The van der Waals surface area contributed by atoms with Gasteiger partial charge >= 0.3 is 5.97 Å². The quantitative estimate of drug-likeness (QED) is 0.676. The maximum atomic E-state index is 12.3. The molecule has 8 heteroatoms. The molecule has 0 radical (unpaired) electrons. The normalized spacial score (nSPS) is 16.7. The van der Waals surface area contributed by atoms with Gasteiger partial charge in [0.15, 0.2) is 0 Å². The maximum absolute atomic E-state index is 12.3. The summed E-state index contributed by atoms with van der Waals surface area (Å²) in [5, 5.41) is 8.86. The number of thioether (sulfide) groups is 1. The number of thiocarbonyl (C=S) groups is 1. The third-order valence-electron chi connectivity index (χ3n) is 3.43. The summed E-state index contributed by atoms with van der Waals surface area (Å²) in [6.07, 6.45) is 1.67. The summed E-state index contributed by atoms with van der Waals surface area (Å²) < 4.78 is 2.25. The van der Waals surface area contributed by atoms with Crippen LogP contribution in [0.25, 0.3) is 17.1 Å². The van der Waals surface area contributed by atoms with Crippen molar-refractivity contribution >= 4 is 57.3 Å². The lowest BCUT2D eigenvalue weighted by atomic mass is 10.3. The standard InChI is InChI=1S/C15H13N3O3S2/c1-2-17-10-6-4-3-5-9(10)16-12(17)7-11-14(21)18(8-13(19)20)15(22)23-11/h3-7H,2,8H2,1H3,(H,19,20)/b11-7-.